The van der Waals surface area contributed by atoms with E-state index in [1.54, 1.807) is 25.1 Å². The number of rotatable bonds is 6. The summed E-state index contributed by atoms with van der Waals surface area (Å²) in [5, 5.41) is 11.1. The number of fused-ring (bicyclic) bond motifs is 1. The van der Waals surface area contributed by atoms with Crippen molar-refractivity contribution in [1.29, 1.82) is 0 Å². The predicted molar refractivity (Wildman–Crippen MR) is 124 cm³/mol. The summed E-state index contributed by atoms with van der Waals surface area (Å²) in [4.78, 5) is 41.9. The number of non-ortho nitro benzene ring substituents is 1. The molecule has 2 aromatic carbocycles. The summed E-state index contributed by atoms with van der Waals surface area (Å²) in [6.07, 6.45) is 3.06. The zero-order chi connectivity index (χ0) is 23.5. The fourth-order valence-electron chi connectivity index (χ4n) is 3.63. The first-order chi connectivity index (χ1) is 15.9. The molecule has 1 aliphatic rings. The Labute approximate surface area is 192 Å². The van der Waals surface area contributed by atoms with Gasteiger partial charge in [0.2, 0.25) is 0 Å². The second-order valence-electron chi connectivity index (χ2n) is 7.23. The number of aromatic nitrogens is 1. The lowest BCUT2D eigenvalue weighted by molar-refractivity contribution is -0.384. The molecule has 1 atom stereocenters. The lowest BCUT2D eigenvalue weighted by atomic mass is 9.96. The number of carbonyl (C=O) groups excluding carboxylic acids is 1. The third-order valence-electron chi connectivity index (χ3n) is 5.07. The molecule has 0 saturated heterocycles. The van der Waals surface area contributed by atoms with Crippen LogP contribution in [0.4, 0.5) is 5.69 Å². The Hall–Kier alpha value is -4.11. The maximum Gasteiger partial charge on any atom is 0.338 e. The number of carbonyl (C=O) groups is 1. The second kappa shape index (κ2) is 9.17. The molecular formula is C24H19N3O5S. The van der Waals surface area contributed by atoms with Crippen molar-refractivity contribution >= 4 is 29.1 Å². The van der Waals surface area contributed by atoms with E-state index in [4.69, 9.17) is 4.74 Å². The van der Waals surface area contributed by atoms with E-state index in [-0.39, 0.29) is 23.4 Å². The average Bonchev–Trinajstić information content (AvgIpc) is 3.11. The SMILES string of the molecule is C=CCOC(=O)C1=C(C)N=c2s/c(=C/c3cccc([N+](=O)[O-])c3)c(=O)n2C1c1ccccc1. The van der Waals surface area contributed by atoms with E-state index in [1.165, 1.54) is 22.8 Å². The van der Waals surface area contributed by atoms with Crippen LogP contribution in [0.3, 0.4) is 0 Å². The van der Waals surface area contributed by atoms with Gasteiger partial charge in [0.25, 0.3) is 11.2 Å². The number of benzene rings is 2. The molecule has 0 fully saturated rings. The summed E-state index contributed by atoms with van der Waals surface area (Å²) in [7, 11) is 0. The van der Waals surface area contributed by atoms with Crippen molar-refractivity contribution in [1.82, 2.24) is 4.57 Å². The van der Waals surface area contributed by atoms with Gasteiger partial charge in [-0.3, -0.25) is 19.5 Å². The van der Waals surface area contributed by atoms with Crippen LogP contribution in [0.25, 0.3) is 6.08 Å². The highest BCUT2D eigenvalue weighted by molar-refractivity contribution is 7.07. The van der Waals surface area contributed by atoms with E-state index >= 15 is 0 Å². The van der Waals surface area contributed by atoms with Crippen LogP contribution in [0, 0.1) is 10.1 Å². The quantitative estimate of drug-likeness (QED) is 0.243. The summed E-state index contributed by atoms with van der Waals surface area (Å²) in [5.41, 5.74) is 1.58. The highest BCUT2D eigenvalue weighted by atomic mass is 32.1. The minimum absolute atomic E-state index is 0.0360. The Morgan fingerprint density at radius 1 is 1.27 bits per heavy atom. The van der Waals surface area contributed by atoms with E-state index in [0.717, 1.165) is 16.9 Å². The third kappa shape index (κ3) is 4.31. The van der Waals surface area contributed by atoms with Crippen molar-refractivity contribution in [2.24, 2.45) is 4.99 Å². The topological polar surface area (TPSA) is 104 Å². The average molecular weight is 461 g/mol. The molecule has 0 spiro atoms. The van der Waals surface area contributed by atoms with Gasteiger partial charge in [-0.15, -0.1) is 0 Å². The predicted octanol–water partition coefficient (Wildman–Crippen LogP) is 2.87. The molecular weight excluding hydrogens is 442 g/mol. The number of allylic oxidation sites excluding steroid dienone is 1. The van der Waals surface area contributed by atoms with Crippen LogP contribution in [0.2, 0.25) is 0 Å². The van der Waals surface area contributed by atoms with Crippen molar-refractivity contribution in [3.8, 4) is 0 Å². The van der Waals surface area contributed by atoms with Gasteiger partial charge in [0.1, 0.15) is 6.61 Å². The molecule has 8 nitrogen and oxygen atoms in total. The molecule has 0 aliphatic carbocycles. The number of nitro groups is 1. The lowest BCUT2D eigenvalue weighted by Crippen LogP contribution is -2.39. The van der Waals surface area contributed by atoms with E-state index in [9.17, 15) is 19.7 Å². The third-order valence-corrected chi connectivity index (χ3v) is 6.05. The molecule has 4 rings (SSSR count). The van der Waals surface area contributed by atoms with Gasteiger partial charge >= 0.3 is 5.97 Å². The zero-order valence-corrected chi connectivity index (χ0v) is 18.5. The van der Waals surface area contributed by atoms with Crippen molar-refractivity contribution in [3.05, 3.63) is 119 Å². The Balaban J connectivity index is 1.91. The fraction of sp³-hybridized carbons (Fsp3) is 0.125. The Morgan fingerprint density at radius 3 is 2.73 bits per heavy atom. The standard InChI is InChI=1S/C24H19N3O5S/c1-3-12-32-23(29)20-15(2)25-24-26(21(20)17-9-5-4-6-10-17)22(28)19(33-24)14-16-8-7-11-18(13-16)27(30)31/h3-11,13-14,21H,1,12H2,2H3/b19-14+. The molecule has 2 heterocycles. The van der Waals surface area contributed by atoms with E-state index < -0.39 is 16.9 Å². The van der Waals surface area contributed by atoms with Gasteiger partial charge in [-0.25, -0.2) is 9.79 Å². The smallest absolute Gasteiger partial charge is 0.338 e. The van der Waals surface area contributed by atoms with Crippen LogP contribution in [0.1, 0.15) is 24.1 Å². The van der Waals surface area contributed by atoms with Gasteiger partial charge in [0, 0.05) is 12.1 Å². The fourth-order valence-corrected chi connectivity index (χ4v) is 4.67. The summed E-state index contributed by atoms with van der Waals surface area (Å²) in [6.45, 7) is 5.31. The second-order valence-corrected chi connectivity index (χ2v) is 8.24. The van der Waals surface area contributed by atoms with Crippen LogP contribution in [-0.2, 0) is 9.53 Å². The number of ether oxygens (including phenoxy) is 1. The lowest BCUT2D eigenvalue weighted by Gasteiger charge is -2.24. The van der Waals surface area contributed by atoms with E-state index in [1.807, 2.05) is 30.3 Å². The van der Waals surface area contributed by atoms with Gasteiger partial charge in [-0.05, 0) is 24.1 Å². The summed E-state index contributed by atoms with van der Waals surface area (Å²) in [5.74, 6) is -0.571. The first-order valence-corrected chi connectivity index (χ1v) is 10.8. The number of thiazole rings is 1. The zero-order valence-electron chi connectivity index (χ0n) is 17.6. The van der Waals surface area contributed by atoms with Crippen LogP contribution in [0.15, 0.2) is 88.3 Å². The van der Waals surface area contributed by atoms with Crippen molar-refractivity contribution in [2.75, 3.05) is 6.61 Å². The maximum atomic E-state index is 13.5. The number of nitro benzene ring substituents is 1. The van der Waals surface area contributed by atoms with Crippen molar-refractivity contribution in [2.45, 2.75) is 13.0 Å². The summed E-state index contributed by atoms with van der Waals surface area (Å²) in [6, 6.07) is 14.5. The highest BCUT2D eigenvalue weighted by Gasteiger charge is 2.33. The first kappa shape index (κ1) is 22.1. The largest absolute Gasteiger partial charge is 0.458 e. The highest BCUT2D eigenvalue weighted by Crippen LogP contribution is 2.30. The molecule has 1 aromatic heterocycles. The minimum Gasteiger partial charge on any atom is -0.458 e. The Morgan fingerprint density at radius 2 is 2.03 bits per heavy atom. The molecule has 9 heteroatoms. The van der Waals surface area contributed by atoms with E-state index in [2.05, 4.69) is 11.6 Å². The summed E-state index contributed by atoms with van der Waals surface area (Å²) < 4.78 is 7.11. The van der Waals surface area contributed by atoms with Crippen LogP contribution in [-0.4, -0.2) is 22.1 Å². The number of hydrogen-bond acceptors (Lipinski definition) is 7. The molecule has 1 unspecified atom stereocenters. The van der Waals surface area contributed by atoms with Gasteiger partial charge < -0.3 is 4.74 Å². The van der Waals surface area contributed by atoms with Gasteiger partial charge in [0.05, 0.1) is 26.8 Å². The van der Waals surface area contributed by atoms with Gasteiger partial charge in [0.15, 0.2) is 4.80 Å². The van der Waals surface area contributed by atoms with Crippen molar-refractivity contribution < 1.29 is 14.5 Å². The van der Waals surface area contributed by atoms with Crippen LogP contribution >= 0.6 is 11.3 Å². The number of nitrogens with zero attached hydrogens (tertiary/aromatic N) is 3. The first-order valence-electron chi connectivity index (χ1n) is 10.0. The number of esters is 1. The van der Waals surface area contributed by atoms with Crippen LogP contribution < -0.4 is 14.9 Å². The molecule has 0 saturated carbocycles. The normalized spacial score (nSPS) is 15.5. The van der Waals surface area contributed by atoms with Crippen LogP contribution in [0.5, 0.6) is 0 Å². The maximum absolute atomic E-state index is 13.5. The minimum atomic E-state index is -0.716. The molecule has 33 heavy (non-hydrogen) atoms. The molecule has 0 N–H and O–H groups in total. The van der Waals surface area contributed by atoms with Gasteiger partial charge in [-0.1, -0.05) is 66.5 Å². The summed E-state index contributed by atoms with van der Waals surface area (Å²) >= 11 is 1.16. The molecule has 0 amide bonds. The molecule has 3 aromatic rings. The molecule has 0 bridgehead atoms. The van der Waals surface area contributed by atoms with Gasteiger partial charge in [-0.2, -0.15) is 0 Å². The molecule has 0 radical (unpaired) electrons. The molecule has 166 valence electrons. The monoisotopic (exact) mass is 461 g/mol. The molecule has 1 aliphatic heterocycles. The Bertz CT molecular complexity index is 1470. The van der Waals surface area contributed by atoms with E-state index in [0.29, 0.717) is 20.6 Å². The van der Waals surface area contributed by atoms with Crippen molar-refractivity contribution in [3.63, 3.8) is 0 Å². The Kier molecular flexibility index (Phi) is 6.14. The number of hydrogen-bond donors (Lipinski definition) is 0.